The molecule has 196 valence electrons. The molecule has 0 bridgehead atoms. The molecule has 0 atom stereocenters. The molecular weight excluding hydrogens is 488 g/mol. The molecule has 7 heteroatoms. The van der Waals surface area contributed by atoms with E-state index in [1.807, 2.05) is 30.3 Å². The van der Waals surface area contributed by atoms with Gasteiger partial charge >= 0.3 is 5.97 Å². The van der Waals surface area contributed by atoms with Gasteiger partial charge in [0.2, 0.25) is 0 Å². The number of benzene rings is 3. The number of aryl methyl sites for hydroxylation is 4. The van der Waals surface area contributed by atoms with Crippen LogP contribution in [0, 0.1) is 6.92 Å². The highest BCUT2D eigenvalue weighted by atomic mass is 32.2. The third kappa shape index (κ3) is 7.59. The van der Waals surface area contributed by atoms with E-state index in [1.165, 1.54) is 28.5 Å². The molecular formula is C30H34O6S. The molecule has 3 aromatic rings. The van der Waals surface area contributed by atoms with Gasteiger partial charge < -0.3 is 14.6 Å². The van der Waals surface area contributed by atoms with E-state index in [2.05, 4.69) is 31.2 Å². The molecule has 0 fully saturated rings. The van der Waals surface area contributed by atoms with Gasteiger partial charge in [-0.1, -0.05) is 24.3 Å². The number of carboxylic acids is 1. The first-order valence-corrected chi connectivity index (χ1v) is 14.7. The lowest BCUT2D eigenvalue weighted by Crippen LogP contribution is -2.08. The molecule has 1 N–H and O–H groups in total. The molecule has 0 heterocycles. The maximum atomic E-state index is 11.4. The molecule has 0 unspecified atom stereocenters. The van der Waals surface area contributed by atoms with E-state index < -0.39 is 15.8 Å². The lowest BCUT2D eigenvalue weighted by molar-refractivity contribution is -0.136. The maximum absolute atomic E-state index is 11.4. The van der Waals surface area contributed by atoms with Gasteiger partial charge in [0.1, 0.15) is 27.9 Å². The maximum Gasteiger partial charge on any atom is 0.303 e. The van der Waals surface area contributed by atoms with Crippen molar-refractivity contribution in [3.8, 4) is 22.6 Å². The second-order valence-corrected chi connectivity index (χ2v) is 12.0. The topological polar surface area (TPSA) is 89.9 Å². The molecule has 37 heavy (non-hydrogen) atoms. The first kappa shape index (κ1) is 26.7. The van der Waals surface area contributed by atoms with E-state index in [-0.39, 0.29) is 12.2 Å². The van der Waals surface area contributed by atoms with E-state index >= 15 is 0 Å². The number of sulfone groups is 1. The number of fused-ring (bicyclic) bond motifs is 3. The molecule has 6 nitrogen and oxygen atoms in total. The highest BCUT2D eigenvalue weighted by Gasteiger charge is 2.18. The Labute approximate surface area is 219 Å². The minimum atomic E-state index is -2.98. The molecule has 1 aliphatic rings. The molecule has 0 aromatic heterocycles. The van der Waals surface area contributed by atoms with Crippen molar-refractivity contribution in [1.29, 1.82) is 0 Å². The van der Waals surface area contributed by atoms with Crippen molar-refractivity contribution < 1.29 is 27.8 Å². The van der Waals surface area contributed by atoms with Crippen molar-refractivity contribution in [1.82, 2.24) is 0 Å². The summed E-state index contributed by atoms with van der Waals surface area (Å²) in [5.41, 5.74) is 8.28. The Balaban J connectivity index is 1.47. The summed E-state index contributed by atoms with van der Waals surface area (Å²) >= 11 is 0. The second kappa shape index (κ2) is 11.8. The van der Waals surface area contributed by atoms with Gasteiger partial charge in [0.05, 0.1) is 12.4 Å². The number of rotatable bonds is 11. The van der Waals surface area contributed by atoms with Crippen LogP contribution in [0.25, 0.3) is 11.1 Å². The summed E-state index contributed by atoms with van der Waals surface area (Å²) in [6.45, 7) is 2.92. The standard InChI is InChI=1S/C30H34O6S/c1-21-17-27(35-15-4-16-37(2,33)34)19-25-6-3-5-24-11-7-23(18-28(24)30(21)25)20-36-26-12-8-22(9-13-26)10-14-29(31)32/h7-9,11-13,17-19H,3-6,10,14-16,20H2,1-2H3,(H,31,32). The third-order valence-corrected chi connectivity index (χ3v) is 7.64. The van der Waals surface area contributed by atoms with Crippen LogP contribution in [-0.2, 0) is 40.5 Å². The van der Waals surface area contributed by atoms with Gasteiger partial charge in [0.25, 0.3) is 0 Å². The monoisotopic (exact) mass is 522 g/mol. The van der Waals surface area contributed by atoms with Crippen molar-refractivity contribution in [2.45, 2.75) is 52.1 Å². The average molecular weight is 523 g/mol. The van der Waals surface area contributed by atoms with Gasteiger partial charge in [-0.25, -0.2) is 8.42 Å². The zero-order valence-electron chi connectivity index (χ0n) is 21.5. The number of carbonyl (C=O) groups is 1. The predicted molar refractivity (Wildman–Crippen MR) is 145 cm³/mol. The zero-order valence-corrected chi connectivity index (χ0v) is 22.3. The van der Waals surface area contributed by atoms with E-state index in [0.29, 0.717) is 26.1 Å². The van der Waals surface area contributed by atoms with Crippen LogP contribution in [0.1, 0.15) is 47.1 Å². The molecule has 0 amide bonds. The van der Waals surface area contributed by atoms with Crippen molar-refractivity contribution in [3.63, 3.8) is 0 Å². The van der Waals surface area contributed by atoms with Crippen molar-refractivity contribution in [2.75, 3.05) is 18.6 Å². The molecule has 4 rings (SSSR count). The molecule has 0 radical (unpaired) electrons. The summed E-state index contributed by atoms with van der Waals surface area (Å²) in [5, 5.41) is 8.85. The van der Waals surface area contributed by atoms with Crippen LogP contribution in [0.2, 0.25) is 0 Å². The number of ether oxygens (including phenoxy) is 2. The predicted octanol–water partition coefficient (Wildman–Crippen LogP) is 5.56. The fraction of sp³-hybridized carbons (Fsp3) is 0.367. The first-order valence-electron chi connectivity index (χ1n) is 12.7. The molecule has 1 aliphatic carbocycles. The Bertz CT molecular complexity index is 1360. The Morgan fingerprint density at radius 3 is 2.38 bits per heavy atom. The van der Waals surface area contributed by atoms with E-state index in [9.17, 15) is 13.2 Å². The fourth-order valence-corrected chi connectivity index (χ4v) is 5.45. The van der Waals surface area contributed by atoms with Crippen LogP contribution >= 0.6 is 0 Å². The quantitative estimate of drug-likeness (QED) is 0.332. The number of hydrogen-bond donors (Lipinski definition) is 1. The van der Waals surface area contributed by atoms with E-state index in [1.54, 1.807) is 0 Å². The van der Waals surface area contributed by atoms with Gasteiger partial charge in [0.15, 0.2) is 0 Å². The normalized spacial score (nSPS) is 12.8. The minimum Gasteiger partial charge on any atom is -0.494 e. The van der Waals surface area contributed by atoms with Gasteiger partial charge in [-0.3, -0.25) is 4.79 Å². The molecule has 0 saturated heterocycles. The van der Waals surface area contributed by atoms with Crippen molar-refractivity contribution >= 4 is 15.8 Å². The largest absolute Gasteiger partial charge is 0.494 e. The lowest BCUT2D eigenvalue weighted by Gasteiger charge is -2.17. The number of carboxylic acid groups (broad SMARTS) is 1. The second-order valence-electron chi connectivity index (χ2n) is 9.78. The van der Waals surface area contributed by atoms with Crippen LogP contribution in [-0.4, -0.2) is 38.1 Å². The summed E-state index contributed by atoms with van der Waals surface area (Å²) in [6.07, 6.45) is 5.38. The van der Waals surface area contributed by atoms with Crippen molar-refractivity contribution in [2.24, 2.45) is 0 Å². The lowest BCUT2D eigenvalue weighted by atomic mass is 9.91. The van der Waals surface area contributed by atoms with Crippen LogP contribution in [0.15, 0.2) is 54.6 Å². The molecule has 0 aliphatic heterocycles. The smallest absolute Gasteiger partial charge is 0.303 e. The SMILES string of the molecule is Cc1cc(OCCCS(C)(=O)=O)cc2c1-c1cc(COc3ccc(CCC(=O)O)cc3)ccc1CCC2. The van der Waals surface area contributed by atoms with Crippen LogP contribution < -0.4 is 9.47 Å². The fourth-order valence-electron chi connectivity index (χ4n) is 4.81. The van der Waals surface area contributed by atoms with Crippen molar-refractivity contribution in [3.05, 3.63) is 82.4 Å². The van der Waals surface area contributed by atoms with E-state index in [4.69, 9.17) is 14.6 Å². The van der Waals surface area contributed by atoms with E-state index in [0.717, 1.165) is 47.5 Å². The molecule has 3 aromatic carbocycles. The summed E-state index contributed by atoms with van der Waals surface area (Å²) in [6, 6.07) is 18.3. The number of hydrogen-bond acceptors (Lipinski definition) is 5. The summed E-state index contributed by atoms with van der Waals surface area (Å²) in [4.78, 5) is 10.8. The molecule has 0 spiro atoms. The third-order valence-electron chi connectivity index (χ3n) is 6.61. The Kier molecular flexibility index (Phi) is 8.54. The average Bonchev–Trinajstić information content (AvgIpc) is 3.03. The van der Waals surface area contributed by atoms with Gasteiger partial charge in [-0.05, 0) is 108 Å². The zero-order chi connectivity index (χ0) is 26.4. The van der Waals surface area contributed by atoms with Gasteiger partial charge in [-0.15, -0.1) is 0 Å². The summed E-state index contributed by atoms with van der Waals surface area (Å²) in [7, 11) is -2.98. The molecule has 0 saturated carbocycles. The van der Waals surface area contributed by atoms with Crippen LogP contribution in [0.3, 0.4) is 0 Å². The number of aliphatic carboxylic acids is 1. The van der Waals surface area contributed by atoms with Crippen LogP contribution in [0.4, 0.5) is 0 Å². The highest BCUT2D eigenvalue weighted by molar-refractivity contribution is 7.90. The Morgan fingerprint density at radius 1 is 0.919 bits per heavy atom. The Morgan fingerprint density at radius 2 is 1.65 bits per heavy atom. The Hall–Kier alpha value is -3.32. The van der Waals surface area contributed by atoms with Gasteiger partial charge in [0, 0.05) is 12.7 Å². The first-order chi connectivity index (χ1) is 17.7. The van der Waals surface area contributed by atoms with Gasteiger partial charge in [-0.2, -0.15) is 0 Å². The highest BCUT2D eigenvalue weighted by Crippen LogP contribution is 2.38. The van der Waals surface area contributed by atoms with Crippen LogP contribution in [0.5, 0.6) is 11.5 Å². The summed E-state index contributed by atoms with van der Waals surface area (Å²) < 4.78 is 34.7. The minimum absolute atomic E-state index is 0.118. The summed E-state index contributed by atoms with van der Waals surface area (Å²) in [5.74, 6) is 0.876.